The Morgan fingerprint density at radius 3 is 2.59 bits per heavy atom. The van der Waals surface area contributed by atoms with Gasteiger partial charge in [0.05, 0.1) is 6.54 Å². The van der Waals surface area contributed by atoms with E-state index < -0.39 is 0 Å². The number of rotatable bonds is 7. The second kappa shape index (κ2) is 7.67. The fraction of sp³-hybridized carbons (Fsp3) is 0.400. The molecule has 1 heterocycles. The maximum Gasteiger partial charge on any atom is 0.251 e. The van der Waals surface area contributed by atoms with E-state index >= 15 is 0 Å². The molecule has 1 aromatic heterocycles. The van der Waals surface area contributed by atoms with Gasteiger partial charge in [-0.25, -0.2) is 0 Å². The molecular formula is C15H21N5O2. The van der Waals surface area contributed by atoms with Gasteiger partial charge in [-0.3, -0.25) is 4.79 Å². The van der Waals surface area contributed by atoms with Crippen molar-refractivity contribution >= 4 is 5.91 Å². The average molecular weight is 303 g/mol. The average Bonchev–Trinajstić information content (AvgIpc) is 3.00. The van der Waals surface area contributed by atoms with Crippen LogP contribution in [0.4, 0.5) is 0 Å². The van der Waals surface area contributed by atoms with Crippen molar-refractivity contribution in [1.82, 2.24) is 20.4 Å². The van der Waals surface area contributed by atoms with Crippen LogP contribution in [0.15, 0.2) is 28.7 Å². The van der Waals surface area contributed by atoms with Gasteiger partial charge in [-0.05, 0) is 51.3 Å². The SMILES string of the molecule is CN(C)CCCNC(=O)c1ccc(-c2nnc(CN)o2)cc1. The van der Waals surface area contributed by atoms with E-state index in [9.17, 15) is 4.79 Å². The molecule has 0 radical (unpaired) electrons. The summed E-state index contributed by atoms with van der Waals surface area (Å²) in [5, 5.41) is 10.6. The van der Waals surface area contributed by atoms with Gasteiger partial charge in [0, 0.05) is 17.7 Å². The van der Waals surface area contributed by atoms with E-state index in [4.69, 9.17) is 10.2 Å². The van der Waals surface area contributed by atoms with Crippen LogP contribution in [0.2, 0.25) is 0 Å². The van der Waals surface area contributed by atoms with Gasteiger partial charge in [-0.2, -0.15) is 0 Å². The fourth-order valence-corrected chi connectivity index (χ4v) is 1.92. The van der Waals surface area contributed by atoms with Crippen LogP contribution >= 0.6 is 0 Å². The highest BCUT2D eigenvalue weighted by molar-refractivity contribution is 5.94. The predicted octanol–water partition coefficient (Wildman–Crippen LogP) is 0.877. The predicted molar refractivity (Wildman–Crippen MR) is 83.1 cm³/mol. The van der Waals surface area contributed by atoms with Crippen molar-refractivity contribution in [3.63, 3.8) is 0 Å². The molecule has 0 saturated carbocycles. The molecule has 0 aliphatic heterocycles. The van der Waals surface area contributed by atoms with E-state index in [2.05, 4.69) is 20.4 Å². The topological polar surface area (TPSA) is 97.3 Å². The Morgan fingerprint density at radius 1 is 1.27 bits per heavy atom. The first kappa shape index (κ1) is 16.1. The van der Waals surface area contributed by atoms with Crippen molar-refractivity contribution in [2.24, 2.45) is 5.73 Å². The van der Waals surface area contributed by atoms with Crippen LogP contribution in [-0.2, 0) is 6.54 Å². The second-order valence-corrected chi connectivity index (χ2v) is 5.20. The van der Waals surface area contributed by atoms with E-state index in [1.165, 1.54) is 0 Å². The summed E-state index contributed by atoms with van der Waals surface area (Å²) in [7, 11) is 4.02. The van der Waals surface area contributed by atoms with Crippen molar-refractivity contribution in [1.29, 1.82) is 0 Å². The van der Waals surface area contributed by atoms with Crippen molar-refractivity contribution < 1.29 is 9.21 Å². The highest BCUT2D eigenvalue weighted by Crippen LogP contribution is 2.18. The highest BCUT2D eigenvalue weighted by Gasteiger charge is 2.09. The van der Waals surface area contributed by atoms with Gasteiger partial charge in [0.2, 0.25) is 11.8 Å². The largest absolute Gasteiger partial charge is 0.419 e. The summed E-state index contributed by atoms with van der Waals surface area (Å²) in [4.78, 5) is 14.1. The molecule has 0 spiro atoms. The van der Waals surface area contributed by atoms with Crippen molar-refractivity contribution in [2.75, 3.05) is 27.2 Å². The van der Waals surface area contributed by atoms with Gasteiger partial charge in [0.15, 0.2) is 0 Å². The first-order chi connectivity index (χ1) is 10.6. The van der Waals surface area contributed by atoms with Gasteiger partial charge in [0.25, 0.3) is 5.91 Å². The number of nitrogens with one attached hydrogen (secondary N) is 1. The van der Waals surface area contributed by atoms with Gasteiger partial charge in [0.1, 0.15) is 0 Å². The van der Waals surface area contributed by atoms with E-state index in [1.807, 2.05) is 14.1 Å². The Kier molecular flexibility index (Phi) is 5.62. The number of carbonyl (C=O) groups is 1. The minimum Gasteiger partial charge on any atom is -0.419 e. The Labute approximate surface area is 129 Å². The molecule has 0 bridgehead atoms. The molecule has 1 aromatic carbocycles. The summed E-state index contributed by atoms with van der Waals surface area (Å²) in [6.07, 6.45) is 0.917. The minimum atomic E-state index is -0.0847. The van der Waals surface area contributed by atoms with Gasteiger partial charge in [-0.1, -0.05) is 0 Å². The normalized spacial score (nSPS) is 10.9. The standard InChI is InChI=1S/C15H21N5O2/c1-20(2)9-3-8-17-14(21)11-4-6-12(7-5-11)15-19-18-13(10-16)22-15/h4-7H,3,8-10,16H2,1-2H3,(H,17,21). The minimum absolute atomic E-state index is 0.0847. The van der Waals surface area contributed by atoms with E-state index in [-0.39, 0.29) is 12.5 Å². The smallest absolute Gasteiger partial charge is 0.251 e. The van der Waals surface area contributed by atoms with E-state index in [0.717, 1.165) is 18.5 Å². The summed E-state index contributed by atoms with van der Waals surface area (Å²) < 4.78 is 5.37. The summed E-state index contributed by atoms with van der Waals surface area (Å²) in [6, 6.07) is 7.04. The van der Waals surface area contributed by atoms with E-state index in [0.29, 0.717) is 23.9 Å². The molecule has 1 amide bonds. The van der Waals surface area contributed by atoms with Crippen LogP contribution in [0.5, 0.6) is 0 Å². The quantitative estimate of drug-likeness (QED) is 0.737. The number of nitrogens with two attached hydrogens (primary N) is 1. The summed E-state index contributed by atoms with van der Waals surface area (Å²) in [6.45, 7) is 1.81. The molecule has 118 valence electrons. The van der Waals surface area contributed by atoms with Crippen LogP contribution in [-0.4, -0.2) is 48.2 Å². The number of aromatic nitrogens is 2. The summed E-state index contributed by atoms with van der Waals surface area (Å²) in [5.41, 5.74) is 6.79. The summed E-state index contributed by atoms with van der Waals surface area (Å²) in [5.74, 6) is 0.703. The molecule has 0 atom stereocenters. The van der Waals surface area contributed by atoms with Crippen LogP contribution in [0, 0.1) is 0 Å². The number of carbonyl (C=O) groups excluding carboxylic acids is 1. The Hall–Kier alpha value is -2.25. The number of hydrogen-bond acceptors (Lipinski definition) is 6. The van der Waals surface area contributed by atoms with Crippen molar-refractivity contribution in [2.45, 2.75) is 13.0 Å². The molecular weight excluding hydrogens is 282 g/mol. The zero-order chi connectivity index (χ0) is 15.9. The molecule has 2 aromatic rings. The molecule has 0 saturated heterocycles. The zero-order valence-electron chi connectivity index (χ0n) is 12.9. The summed E-state index contributed by atoms with van der Waals surface area (Å²) >= 11 is 0. The van der Waals surface area contributed by atoms with Gasteiger partial charge < -0.3 is 20.4 Å². The first-order valence-corrected chi connectivity index (χ1v) is 7.16. The molecule has 0 fully saturated rings. The molecule has 0 aliphatic rings. The van der Waals surface area contributed by atoms with Crippen LogP contribution in [0.25, 0.3) is 11.5 Å². The van der Waals surface area contributed by atoms with Crippen LogP contribution in [0.1, 0.15) is 22.7 Å². The fourth-order valence-electron chi connectivity index (χ4n) is 1.92. The van der Waals surface area contributed by atoms with Crippen LogP contribution < -0.4 is 11.1 Å². The lowest BCUT2D eigenvalue weighted by molar-refractivity contribution is 0.0952. The number of amides is 1. The monoisotopic (exact) mass is 303 g/mol. The van der Waals surface area contributed by atoms with Crippen molar-refractivity contribution in [3.8, 4) is 11.5 Å². The molecule has 0 unspecified atom stereocenters. The first-order valence-electron chi connectivity index (χ1n) is 7.16. The Morgan fingerprint density at radius 2 is 2.00 bits per heavy atom. The van der Waals surface area contributed by atoms with Gasteiger partial charge >= 0.3 is 0 Å². The Bertz CT molecular complexity index is 607. The number of nitrogens with zero attached hydrogens (tertiary/aromatic N) is 3. The second-order valence-electron chi connectivity index (χ2n) is 5.20. The number of benzene rings is 1. The van der Waals surface area contributed by atoms with Crippen molar-refractivity contribution in [3.05, 3.63) is 35.7 Å². The van der Waals surface area contributed by atoms with Crippen LogP contribution in [0.3, 0.4) is 0 Å². The maximum absolute atomic E-state index is 12.0. The molecule has 0 aliphatic carbocycles. The highest BCUT2D eigenvalue weighted by atomic mass is 16.4. The molecule has 2 rings (SSSR count). The third kappa shape index (κ3) is 4.37. The van der Waals surface area contributed by atoms with Gasteiger partial charge in [-0.15, -0.1) is 10.2 Å². The zero-order valence-corrected chi connectivity index (χ0v) is 12.9. The third-order valence-corrected chi connectivity index (χ3v) is 3.10. The molecule has 7 heteroatoms. The molecule has 7 nitrogen and oxygen atoms in total. The Balaban J connectivity index is 1.92. The lowest BCUT2D eigenvalue weighted by Gasteiger charge is -2.10. The molecule has 3 N–H and O–H groups in total. The molecule has 22 heavy (non-hydrogen) atoms. The maximum atomic E-state index is 12.0. The lowest BCUT2D eigenvalue weighted by Crippen LogP contribution is -2.27. The lowest BCUT2D eigenvalue weighted by atomic mass is 10.1. The third-order valence-electron chi connectivity index (χ3n) is 3.10. The van der Waals surface area contributed by atoms with E-state index in [1.54, 1.807) is 24.3 Å². The number of hydrogen-bond donors (Lipinski definition) is 2.